The van der Waals surface area contributed by atoms with Gasteiger partial charge in [0.15, 0.2) is 11.3 Å². The molecule has 4 aliphatic carbocycles. The summed E-state index contributed by atoms with van der Waals surface area (Å²) in [5, 5.41) is 17.9. The summed E-state index contributed by atoms with van der Waals surface area (Å²) in [6.45, 7) is 1.59. The molecule has 0 bridgehead atoms. The Morgan fingerprint density at radius 1 is 1.07 bits per heavy atom. The average molecular weight is 558 g/mol. The van der Waals surface area contributed by atoms with Crippen LogP contribution in [0.5, 0.6) is 0 Å². The van der Waals surface area contributed by atoms with E-state index in [-0.39, 0.29) is 61.1 Å². The van der Waals surface area contributed by atoms with Gasteiger partial charge in [0.05, 0.1) is 35.6 Å². The lowest BCUT2D eigenvalue weighted by molar-refractivity contribution is -0.132. The van der Waals surface area contributed by atoms with Crippen LogP contribution in [-0.2, 0) is 4.79 Å². The van der Waals surface area contributed by atoms with Gasteiger partial charge in [0.1, 0.15) is 11.9 Å². The number of carbonyl (C=O) groups excluding carboxylic acids is 2. The summed E-state index contributed by atoms with van der Waals surface area (Å²) in [5.74, 6) is -3.45. The largest absolute Gasteiger partial charge is 0.348 e. The Balaban J connectivity index is 1.15. The smallest absolute Gasteiger partial charge is 0.276 e. The van der Waals surface area contributed by atoms with Gasteiger partial charge in [-0.1, -0.05) is 5.16 Å². The second-order valence-corrected chi connectivity index (χ2v) is 12.1. The van der Waals surface area contributed by atoms with Crippen molar-refractivity contribution >= 4 is 17.5 Å². The van der Waals surface area contributed by atoms with Crippen molar-refractivity contribution in [3.8, 4) is 0 Å². The maximum atomic E-state index is 14.0. The Kier molecular flexibility index (Phi) is 5.73. The first kappa shape index (κ1) is 25.5. The van der Waals surface area contributed by atoms with E-state index in [4.69, 9.17) is 4.98 Å². The normalized spacial score (nSPS) is 28.8. The van der Waals surface area contributed by atoms with Crippen LogP contribution in [-0.4, -0.2) is 48.8 Å². The molecular weight excluding hydrogens is 527 g/mol. The standard InChI is InChI=1S/C27H30F3N7O3/c1-13-21(36-40-35-13)24(38)33-23(15-4-6-27(29,30)7-5-15)19-12-37-20(32-19)8-16(11-31-37)22(14-2-3-14)34-25(39)26-9-17(26)18(28)10-26/h8,11-12,14-15,17-18,22-23H,2-7,9-10H2,1H3,(H,33,38)(H,34,39)/t17-,18+,22?,23+,26-/m1/s1. The lowest BCUT2D eigenvalue weighted by Gasteiger charge is -2.33. The highest BCUT2D eigenvalue weighted by atomic mass is 19.3. The zero-order valence-corrected chi connectivity index (χ0v) is 21.9. The zero-order chi connectivity index (χ0) is 27.8. The highest BCUT2D eigenvalue weighted by Crippen LogP contribution is 2.69. The van der Waals surface area contributed by atoms with Crippen molar-refractivity contribution in [3.05, 3.63) is 41.1 Å². The number of hydrogen-bond acceptors (Lipinski definition) is 7. The fraction of sp³-hybridized carbons (Fsp3) is 0.630. The van der Waals surface area contributed by atoms with E-state index in [0.717, 1.165) is 18.4 Å². The summed E-state index contributed by atoms with van der Waals surface area (Å²) < 4.78 is 47.9. The molecule has 10 nitrogen and oxygen atoms in total. The van der Waals surface area contributed by atoms with E-state index in [1.54, 1.807) is 23.8 Å². The van der Waals surface area contributed by atoms with Crippen molar-refractivity contribution in [2.24, 2.45) is 23.2 Å². The Labute approximate surface area is 227 Å². The van der Waals surface area contributed by atoms with Gasteiger partial charge in [0.25, 0.3) is 5.91 Å². The number of aryl methyl sites for hydroxylation is 1. The molecule has 3 aromatic rings. The third-order valence-electron chi connectivity index (χ3n) is 9.39. The first-order valence-corrected chi connectivity index (χ1v) is 13.9. The van der Waals surface area contributed by atoms with Crippen LogP contribution in [0.1, 0.15) is 90.9 Å². The molecule has 0 aliphatic heterocycles. The van der Waals surface area contributed by atoms with Gasteiger partial charge in [-0.15, -0.1) is 0 Å². The van der Waals surface area contributed by atoms with Gasteiger partial charge in [-0.3, -0.25) is 9.59 Å². The molecule has 40 heavy (non-hydrogen) atoms. The number of carbonyl (C=O) groups is 2. The average Bonchev–Trinajstić information content (AvgIpc) is 3.76. The van der Waals surface area contributed by atoms with Crippen molar-refractivity contribution in [1.29, 1.82) is 0 Å². The molecule has 1 unspecified atom stereocenters. The van der Waals surface area contributed by atoms with Gasteiger partial charge in [-0.25, -0.2) is 27.3 Å². The number of nitrogens with zero attached hydrogens (tertiary/aromatic N) is 5. The third-order valence-corrected chi connectivity index (χ3v) is 9.39. The maximum absolute atomic E-state index is 14.0. The van der Waals surface area contributed by atoms with E-state index in [9.17, 15) is 22.8 Å². The molecule has 212 valence electrons. The Hall–Kier alpha value is -3.51. The van der Waals surface area contributed by atoms with Crippen LogP contribution in [0.2, 0.25) is 0 Å². The minimum atomic E-state index is -2.72. The highest BCUT2D eigenvalue weighted by Gasteiger charge is 2.72. The molecular formula is C27H30F3N7O3. The van der Waals surface area contributed by atoms with Crippen LogP contribution < -0.4 is 10.6 Å². The minimum absolute atomic E-state index is 0.0289. The second kappa shape index (κ2) is 9.00. The van der Waals surface area contributed by atoms with E-state index in [1.807, 2.05) is 6.07 Å². The first-order chi connectivity index (χ1) is 19.1. The number of aromatic nitrogens is 5. The van der Waals surface area contributed by atoms with Crippen molar-refractivity contribution in [1.82, 2.24) is 35.5 Å². The summed E-state index contributed by atoms with van der Waals surface area (Å²) in [4.78, 5) is 30.8. The van der Waals surface area contributed by atoms with Crippen LogP contribution in [0.25, 0.3) is 5.65 Å². The van der Waals surface area contributed by atoms with E-state index < -0.39 is 29.5 Å². The van der Waals surface area contributed by atoms with Gasteiger partial charge in [0, 0.05) is 18.8 Å². The Morgan fingerprint density at radius 2 is 1.82 bits per heavy atom. The highest BCUT2D eigenvalue weighted by molar-refractivity contribution is 5.93. The molecule has 0 spiro atoms. The van der Waals surface area contributed by atoms with Crippen molar-refractivity contribution in [3.63, 3.8) is 0 Å². The summed E-state index contributed by atoms with van der Waals surface area (Å²) >= 11 is 0. The lowest BCUT2D eigenvalue weighted by atomic mass is 9.81. The molecule has 4 aliphatic rings. The SMILES string of the molecule is Cc1nonc1C(=O)N[C@H](c1cn2ncc(C(NC(=O)[C@@]34C[C@@H]3[C@@H](F)C4)C3CC3)cc2n1)C1CCC(F)(F)CC1. The van der Waals surface area contributed by atoms with Crippen molar-refractivity contribution in [2.75, 3.05) is 0 Å². The van der Waals surface area contributed by atoms with Crippen LogP contribution in [0.4, 0.5) is 13.2 Å². The fourth-order valence-corrected chi connectivity index (χ4v) is 6.62. The molecule has 0 aromatic carbocycles. The van der Waals surface area contributed by atoms with Crippen molar-refractivity contribution in [2.45, 2.75) is 82.5 Å². The maximum Gasteiger partial charge on any atom is 0.276 e. The molecule has 3 aromatic heterocycles. The van der Waals surface area contributed by atoms with Crippen LogP contribution in [0.3, 0.4) is 0 Å². The van der Waals surface area contributed by atoms with Crippen LogP contribution in [0.15, 0.2) is 23.1 Å². The monoisotopic (exact) mass is 557 g/mol. The summed E-state index contributed by atoms with van der Waals surface area (Å²) in [6, 6.07) is 0.972. The van der Waals surface area contributed by atoms with Gasteiger partial charge in [-0.2, -0.15) is 5.10 Å². The number of nitrogens with one attached hydrogen (secondary N) is 2. The zero-order valence-electron chi connectivity index (χ0n) is 21.9. The van der Waals surface area contributed by atoms with Crippen molar-refractivity contribution < 1.29 is 27.4 Å². The molecule has 2 amide bonds. The molecule has 2 N–H and O–H groups in total. The topological polar surface area (TPSA) is 127 Å². The number of amides is 2. The molecule has 4 fully saturated rings. The first-order valence-electron chi connectivity index (χ1n) is 13.9. The third kappa shape index (κ3) is 4.33. The Bertz CT molecular complexity index is 1480. The predicted octanol–water partition coefficient (Wildman–Crippen LogP) is 4.03. The van der Waals surface area contributed by atoms with Gasteiger partial charge in [-0.05, 0) is 74.1 Å². The van der Waals surface area contributed by atoms with Crippen LogP contribution >= 0.6 is 0 Å². The number of hydrogen-bond donors (Lipinski definition) is 2. The number of fused-ring (bicyclic) bond motifs is 2. The second-order valence-electron chi connectivity index (χ2n) is 12.1. The van der Waals surface area contributed by atoms with E-state index in [0.29, 0.717) is 29.9 Å². The molecule has 0 radical (unpaired) electrons. The van der Waals surface area contributed by atoms with E-state index in [1.165, 1.54) is 0 Å². The number of imidazole rings is 1. The fourth-order valence-electron chi connectivity index (χ4n) is 6.62. The minimum Gasteiger partial charge on any atom is -0.348 e. The Morgan fingerprint density at radius 3 is 2.45 bits per heavy atom. The summed E-state index contributed by atoms with van der Waals surface area (Å²) in [6.07, 6.45) is 5.30. The van der Waals surface area contributed by atoms with E-state index >= 15 is 0 Å². The molecule has 4 saturated carbocycles. The van der Waals surface area contributed by atoms with Crippen LogP contribution in [0, 0.1) is 30.1 Å². The lowest BCUT2D eigenvalue weighted by Crippen LogP contribution is -2.43. The summed E-state index contributed by atoms with van der Waals surface area (Å²) in [7, 11) is 0. The summed E-state index contributed by atoms with van der Waals surface area (Å²) in [5.41, 5.74) is 1.64. The molecule has 0 saturated heterocycles. The molecule has 13 heteroatoms. The number of halogens is 3. The molecule has 3 heterocycles. The predicted molar refractivity (Wildman–Crippen MR) is 133 cm³/mol. The molecule has 5 atom stereocenters. The van der Waals surface area contributed by atoms with Gasteiger partial charge < -0.3 is 10.6 Å². The number of alkyl halides is 3. The van der Waals surface area contributed by atoms with Gasteiger partial charge in [0.2, 0.25) is 11.8 Å². The van der Waals surface area contributed by atoms with E-state index in [2.05, 4.69) is 30.7 Å². The quantitative estimate of drug-likeness (QED) is 0.428. The van der Waals surface area contributed by atoms with Gasteiger partial charge >= 0.3 is 0 Å². The molecule has 7 rings (SSSR count). The number of rotatable bonds is 8.